The molecular weight excluding hydrogens is 304 g/mol. The fourth-order valence-electron chi connectivity index (χ4n) is 2.55. The molecule has 0 aromatic heterocycles. The first kappa shape index (κ1) is 12.4. The van der Waals surface area contributed by atoms with Gasteiger partial charge in [0.15, 0.2) is 5.78 Å². The maximum Gasteiger partial charge on any atom is 0.174 e. The minimum Gasteiger partial charge on any atom is -0.496 e. The van der Waals surface area contributed by atoms with Crippen molar-refractivity contribution in [3.63, 3.8) is 0 Å². The van der Waals surface area contributed by atoms with E-state index in [0.717, 1.165) is 16.5 Å². The van der Waals surface area contributed by atoms with Crippen LogP contribution in [0.15, 0.2) is 46.9 Å². The maximum atomic E-state index is 12.6. The van der Waals surface area contributed by atoms with E-state index < -0.39 is 0 Å². The molecule has 0 spiro atoms. The lowest BCUT2D eigenvalue weighted by Crippen LogP contribution is -2.25. The smallest absolute Gasteiger partial charge is 0.174 e. The zero-order chi connectivity index (χ0) is 13.4. The summed E-state index contributed by atoms with van der Waals surface area (Å²) >= 11 is 3.41. The van der Waals surface area contributed by atoms with E-state index in [0.29, 0.717) is 11.3 Å². The van der Waals surface area contributed by atoms with Gasteiger partial charge in [-0.15, -0.1) is 0 Å². The second-order valence-corrected chi connectivity index (χ2v) is 5.58. The quantitative estimate of drug-likeness (QED) is 0.801. The molecule has 0 saturated heterocycles. The number of ketones is 1. The molecule has 3 heteroatoms. The number of carbonyl (C=O) groups excluding carboxylic acids is 1. The Labute approximate surface area is 120 Å². The highest BCUT2D eigenvalue weighted by Crippen LogP contribution is 2.39. The van der Waals surface area contributed by atoms with Crippen molar-refractivity contribution in [1.29, 1.82) is 0 Å². The molecule has 2 aromatic carbocycles. The van der Waals surface area contributed by atoms with Crippen LogP contribution in [0.1, 0.15) is 27.4 Å². The van der Waals surface area contributed by atoms with Crippen molar-refractivity contribution in [1.82, 2.24) is 0 Å². The summed E-state index contributed by atoms with van der Waals surface area (Å²) < 4.78 is 6.18. The Morgan fingerprint density at radius 3 is 2.79 bits per heavy atom. The molecule has 0 saturated carbocycles. The van der Waals surface area contributed by atoms with Crippen LogP contribution >= 0.6 is 15.9 Å². The molecule has 1 atom stereocenters. The van der Waals surface area contributed by atoms with Gasteiger partial charge in [0.05, 0.1) is 18.6 Å². The van der Waals surface area contributed by atoms with E-state index in [-0.39, 0.29) is 11.7 Å². The highest BCUT2D eigenvalue weighted by molar-refractivity contribution is 9.10. The number of rotatable bonds is 3. The van der Waals surface area contributed by atoms with Gasteiger partial charge in [0.25, 0.3) is 0 Å². The number of fused-ring (bicyclic) bond motifs is 1. The van der Waals surface area contributed by atoms with E-state index in [1.807, 2.05) is 36.4 Å². The summed E-state index contributed by atoms with van der Waals surface area (Å²) in [6.45, 7) is 0. The predicted molar refractivity (Wildman–Crippen MR) is 77.9 cm³/mol. The summed E-state index contributed by atoms with van der Waals surface area (Å²) in [6.07, 6.45) is 0.824. The highest BCUT2D eigenvalue weighted by Gasteiger charge is 2.33. The van der Waals surface area contributed by atoms with Gasteiger partial charge in [-0.1, -0.05) is 40.2 Å². The molecule has 0 radical (unpaired) electrons. The van der Waals surface area contributed by atoms with Gasteiger partial charge < -0.3 is 4.74 Å². The molecular formula is C16H13BrO2. The van der Waals surface area contributed by atoms with Crippen LogP contribution in [-0.2, 0) is 6.42 Å². The van der Waals surface area contributed by atoms with Crippen LogP contribution < -0.4 is 4.74 Å². The Morgan fingerprint density at radius 2 is 2.05 bits per heavy atom. The number of halogens is 1. The average Bonchev–Trinajstić information content (AvgIpc) is 2.40. The molecule has 0 N–H and O–H groups in total. The molecule has 1 aliphatic rings. The van der Waals surface area contributed by atoms with Gasteiger partial charge in [-0.05, 0) is 35.7 Å². The second kappa shape index (κ2) is 4.82. The SMILES string of the molecule is COc1ccc(Br)cc1C(=O)C1Cc2ccccc21. The van der Waals surface area contributed by atoms with Crippen molar-refractivity contribution in [2.75, 3.05) is 7.11 Å². The first-order chi connectivity index (χ1) is 9.20. The number of methoxy groups -OCH3 is 1. The van der Waals surface area contributed by atoms with E-state index in [4.69, 9.17) is 4.74 Å². The molecule has 0 fully saturated rings. The standard InChI is InChI=1S/C16H13BrO2/c1-19-15-7-6-11(17)9-14(15)16(18)13-8-10-4-2-3-5-12(10)13/h2-7,9,13H,8H2,1H3. The second-order valence-electron chi connectivity index (χ2n) is 4.66. The number of hydrogen-bond acceptors (Lipinski definition) is 2. The van der Waals surface area contributed by atoms with Gasteiger partial charge in [0.1, 0.15) is 5.75 Å². The van der Waals surface area contributed by atoms with E-state index in [1.54, 1.807) is 7.11 Å². The fourth-order valence-corrected chi connectivity index (χ4v) is 2.91. The molecule has 0 bridgehead atoms. The number of Topliss-reactive ketones (excluding diaryl/α,β-unsaturated/α-hetero) is 1. The molecule has 1 aliphatic carbocycles. The van der Waals surface area contributed by atoms with Crippen LogP contribution in [0.4, 0.5) is 0 Å². The van der Waals surface area contributed by atoms with Gasteiger partial charge in [-0.25, -0.2) is 0 Å². The Bertz CT molecular complexity index is 649. The molecule has 1 unspecified atom stereocenters. The zero-order valence-electron chi connectivity index (χ0n) is 10.5. The molecule has 2 nitrogen and oxygen atoms in total. The summed E-state index contributed by atoms with van der Waals surface area (Å²) in [6, 6.07) is 13.6. The number of ether oxygens (including phenoxy) is 1. The maximum absolute atomic E-state index is 12.6. The van der Waals surface area contributed by atoms with Gasteiger partial charge >= 0.3 is 0 Å². The largest absolute Gasteiger partial charge is 0.496 e. The first-order valence-corrected chi connectivity index (χ1v) is 6.95. The van der Waals surface area contributed by atoms with E-state index in [1.165, 1.54) is 5.56 Å². The lowest BCUT2D eigenvalue weighted by Gasteiger charge is -2.29. The summed E-state index contributed by atoms with van der Waals surface area (Å²) in [5.41, 5.74) is 3.07. The Morgan fingerprint density at radius 1 is 1.26 bits per heavy atom. The monoisotopic (exact) mass is 316 g/mol. The van der Waals surface area contributed by atoms with Crippen LogP contribution in [0.2, 0.25) is 0 Å². The average molecular weight is 317 g/mol. The van der Waals surface area contributed by atoms with Gasteiger partial charge in [0, 0.05) is 4.47 Å². The lowest BCUT2D eigenvalue weighted by atomic mass is 9.74. The van der Waals surface area contributed by atoms with Crippen LogP contribution in [0, 0.1) is 0 Å². The fraction of sp³-hybridized carbons (Fsp3) is 0.188. The van der Waals surface area contributed by atoms with Crippen molar-refractivity contribution in [2.45, 2.75) is 12.3 Å². The van der Waals surface area contributed by atoms with Crippen LogP contribution in [0.5, 0.6) is 5.75 Å². The molecule has 96 valence electrons. The van der Waals surface area contributed by atoms with Crippen molar-refractivity contribution < 1.29 is 9.53 Å². The molecule has 0 aliphatic heterocycles. The third-order valence-electron chi connectivity index (χ3n) is 3.60. The Balaban J connectivity index is 1.96. The van der Waals surface area contributed by atoms with Crippen molar-refractivity contribution in [3.05, 3.63) is 63.6 Å². The minimum absolute atomic E-state index is 0.0283. The highest BCUT2D eigenvalue weighted by atomic mass is 79.9. The van der Waals surface area contributed by atoms with Crippen LogP contribution in [0.3, 0.4) is 0 Å². The molecule has 2 aromatic rings. The van der Waals surface area contributed by atoms with Gasteiger partial charge in [-0.2, -0.15) is 0 Å². The van der Waals surface area contributed by atoms with E-state index in [2.05, 4.69) is 22.0 Å². The summed E-state index contributed by atoms with van der Waals surface area (Å²) in [5, 5.41) is 0. The van der Waals surface area contributed by atoms with Gasteiger partial charge in [0.2, 0.25) is 0 Å². The van der Waals surface area contributed by atoms with Crippen molar-refractivity contribution in [3.8, 4) is 5.75 Å². The van der Waals surface area contributed by atoms with E-state index in [9.17, 15) is 4.79 Å². The lowest BCUT2D eigenvalue weighted by molar-refractivity contribution is 0.0946. The summed E-state index contributed by atoms with van der Waals surface area (Å²) in [5.74, 6) is 0.744. The topological polar surface area (TPSA) is 26.3 Å². The number of benzene rings is 2. The molecule has 3 rings (SSSR count). The van der Waals surface area contributed by atoms with Gasteiger partial charge in [-0.3, -0.25) is 4.79 Å². The summed E-state index contributed by atoms with van der Waals surface area (Å²) in [4.78, 5) is 12.6. The predicted octanol–water partition coefficient (Wildman–Crippen LogP) is 3.98. The molecule has 19 heavy (non-hydrogen) atoms. The number of carbonyl (C=O) groups is 1. The zero-order valence-corrected chi connectivity index (χ0v) is 12.1. The Kier molecular flexibility index (Phi) is 3.15. The third-order valence-corrected chi connectivity index (χ3v) is 4.09. The number of hydrogen-bond donors (Lipinski definition) is 0. The minimum atomic E-state index is -0.0283. The third kappa shape index (κ3) is 2.08. The Hall–Kier alpha value is -1.61. The van der Waals surface area contributed by atoms with Crippen LogP contribution in [0.25, 0.3) is 0 Å². The van der Waals surface area contributed by atoms with E-state index >= 15 is 0 Å². The molecule has 0 heterocycles. The molecule has 0 amide bonds. The van der Waals surface area contributed by atoms with Crippen molar-refractivity contribution in [2.24, 2.45) is 0 Å². The first-order valence-electron chi connectivity index (χ1n) is 6.16. The normalized spacial score (nSPS) is 16.4. The van der Waals surface area contributed by atoms with Crippen molar-refractivity contribution >= 4 is 21.7 Å². The summed E-state index contributed by atoms with van der Waals surface area (Å²) in [7, 11) is 1.59. The van der Waals surface area contributed by atoms with Crippen LogP contribution in [-0.4, -0.2) is 12.9 Å².